The number of benzene rings is 1. The molecule has 0 N–H and O–H groups in total. The quantitative estimate of drug-likeness (QED) is 0.781. The number of amides is 1. The highest BCUT2D eigenvalue weighted by atomic mass is 16.5. The highest BCUT2D eigenvalue weighted by molar-refractivity contribution is 5.90. The van der Waals surface area contributed by atoms with Gasteiger partial charge in [0.2, 0.25) is 5.82 Å². The van der Waals surface area contributed by atoms with Gasteiger partial charge < -0.3 is 9.64 Å². The van der Waals surface area contributed by atoms with Crippen molar-refractivity contribution in [3.63, 3.8) is 0 Å². The van der Waals surface area contributed by atoms with Gasteiger partial charge in [0.05, 0.1) is 12.7 Å². The lowest BCUT2D eigenvalue weighted by Crippen LogP contribution is -2.44. The van der Waals surface area contributed by atoms with Crippen molar-refractivity contribution in [2.75, 3.05) is 19.7 Å². The van der Waals surface area contributed by atoms with Gasteiger partial charge >= 0.3 is 0 Å². The van der Waals surface area contributed by atoms with E-state index in [1.165, 1.54) is 16.7 Å². The van der Waals surface area contributed by atoms with Gasteiger partial charge in [-0.3, -0.25) is 9.48 Å². The van der Waals surface area contributed by atoms with Gasteiger partial charge in [0.15, 0.2) is 0 Å². The molecular formula is C21H26N4O2. The SMILES string of the molecule is C=CCOC1CC2(CCN(C(=O)c3ncn(C)n3)CC2)c2cc(C)ccc21. The minimum Gasteiger partial charge on any atom is -0.369 e. The molecule has 1 aliphatic carbocycles. The highest BCUT2D eigenvalue weighted by Crippen LogP contribution is 2.52. The molecule has 1 fully saturated rings. The van der Waals surface area contributed by atoms with Gasteiger partial charge in [-0.05, 0) is 37.3 Å². The second-order valence-corrected chi connectivity index (χ2v) is 7.72. The van der Waals surface area contributed by atoms with Crippen molar-refractivity contribution < 1.29 is 9.53 Å². The van der Waals surface area contributed by atoms with Crippen LogP contribution in [0.3, 0.4) is 0 Å². The monoisotopic (exact) mass is 366 g/mol. The van der Waals surface area contributed by atoms with E-state index in [-0.39, 0.29) is 23.3 Å². The number of hydrogen-bond acceptors (Lipinski definition) is 4. The van der Waals surface area contributed by atoms with E-state index < -0.39 is 0 Å². The van der Waals surface area contributed by atoms with Crippen LogP contribution in [0.15, 0.2) is 37.2 Å². The number of ether oxygens (including phenoxy) is 1. The summed E-state index contributed by atoms with van der Waals surface area (Å²) >= 11 is 0. The summed E-state index contributed by atoms with van der Waals surface area (Å²) in [4.78, 5) is 18.7. The third-order valence-electron chi connectivity index (χ3n) is 5.92. The molecule has 2 heterocycles. The smallest absolute Gasteiger partial charge is 0.293 e. The molecule has 0 bridgehead atoms. The van der Waals surface area contributed by atoms with E-state index in [0.717, 1.165) is 32.4 Å². The first kappa shape index (κ1) is 17.9. The number of piperidine rings is 1. The minimum absolute atomic E-state index is 0.0765. The van der Waals surface area contributed by atoms with E-state index in [0.29, 0.717) is 6.61 Å². The van der Waals surface area contributed by atoms with Crippen LogP contribution in [0, 0.1) is 6.92 Å². The average molecular weight is 366 g/mol. The van der Waals surface area contributed by atoms with Crippen LogP contribution in [-0.2, 0) is 17.2 Å². The molecule has 1 atom stereocenters. The van der Waals surface area contributed by atoms with Crippen molar-refractivity contribution in [3.8, 4) is 0 Å². The van der Waals surface area contributed by atoms with Gasteiger partial charge in [-0.1, -0.05) is 29.8 Å². The van der Waals surface area contributed by atoms with E-state index in [9.17, 15) is 4.79 Å². The normalized spacial score (nSPS) is 20.7. The fraction of sp³-hybridized carbons (Fsp3) is 0.476. The Labute approximate surface area is 159 Å². The van der Waals surface area contributed by atoms with Crippen LogP contribution in [0.25, 0.3) is 0 Å². The van der Waals surface area contributed by atoms with E-state index >= 15 is 0 Å². The van der Waals surface area contributed by atoms with Crippen LogP contribution in [0.4, 0.5) is 0 Å². The third-order valence-corrected chi connectivity index (χ3v) is 5.92. The molecule has 4 rings (SSSR count). The first-order valence-electron chi connectivity index (χ1n) is 9.51. The number of carbonyl (C=O) groups is 1. The fourth-order valence-electron chi connectivity index (χ4n) is 4.51. The summed E-state index contributed by atoms with van der Waals surface area (Å²) < 4.78 is 7.64. The first-order valence-corrected chi connectivity index (χ1v) is 9.51. The predicted molar refractivity (Wildman–Crippen MR) is 103 cm³/mol. The van der Waals surface area contributed by atoms with E-state index in [4.69, 9.17) is 4.74 Å². The molecule has 1 unspecified atom stereocenters. The second-order valence-electron chi connectivity index (χ2n) is 7.72. The zero-order chi connectivity index (χ0) is 19.0. The summed E-state index contributed by atoms with van der Waals surface area (Å²) in [7, 11) is 1.77. The van der Waals surface area contributed by atoms with Gasteiger partial charge in [-0.15, -0.1) is 11.7 Å². The summed E-state index contributed by atoms with van der Waals surface area (Å²) in [5.74, 6) is 0.204. The topological polar surface area (TPSA) is 60.2 Å². The maximum atomic E-state index is 12.7. The zero-order valence-electron chi connectivity index (χ0n) is 16.0. The number of carbonyl (C=O) groups excluding carboxylic acids is 1. The average Bonchev–Trinajstić information content (AvgIpc) is 3.22. The van der Waals surface area contributed by atoms with Crippen LogP contribution in [-0.4, -0.2) is 45.3 Å². The van der Waals surface area contributed by atoms with Crippen LogP contribution in [0.5, 0.6) is 0 Å². The van der Waals surface area contributed by atoms with E-state index in [1.807, 2.05) is 4.90 Å². The first-order chi connectivity index (χ1) is 13.0. The van der Waals surface area contributed by atoms with Gasteiger partial charge in [-0.25, -0.2) is 4.98 Å². The number of fused-ring (bicyclic) bond motifs is 2. The Morgan fingerprint density at radius 2 is 2.19 bits per heavy atom. The number of aryl methyl sites for hydroxylation is 2. The largest absolute Gasteiger partial charge is 0.369 e. The van der Waals surface area contributed by atoms with Crippen molar-refractivity contribution in [3.05, 3.63) is 59.7 Å². The molecule has 2 aromatic rings. The maximum absolute atomic E-state index is 12.7. The molecule has 1 amide bonds. The molecule has 1 saturated heterocycles. The second kappa shape index (κ2) is 6.93. The van der Waals surface area contributed by atoms with Gasteiger partial charge in [0.25, 0.3) is 5.91 Å². The lowest BCUT2D eigenvalue weighted by molar-refractivity contribution is 0.0445. The lowest BCUT2D eigenvalue weighted by atomic mass is 9.73. The number of likely N-dealkylation sites (tertiary alicyclic amines) is 1. The Morgan fingerprint density at radius 3 is 2.85 bits per heavy atom. The summed E-state index contributed by atoms with van der Waals surface area (Å²) in [5.41, 5.74) is 4.06. The number of aromatic nitrogens is 3. The highest BCUT2D eigenvalue weighted by Gasteiger charge is 2.46. The minimum atomic E-state index is -0.0765. The van der Waals surface area contributed by atoms with Crippen LogP contribution < -0.4 is 0 Å². The van der Waals surface area contributed by atoms with Gasteiger partial charge in [0.1, 0.15) is 6.33 Å². The Kier molecular flexibility index (Phi) is 4.60. The molecule has 6 nitrogen and oxygen atoms in total. The van der Waals surface area contributed by atoms with Gasteiger partial charge in [0, 0.05) is 25.6 Å². The Hall–Kier alpha value is -2.47. The van der Waals surface area contributed by atoms with Crippen LogP contribution >= 0.6 is 0 Å². The molecule has 142 valence electrons. The third kappa shape index (κ3) is 3.18. The van der Waals surface area contributed by atoms with Crippen molar-refractivity contribution in [1.82, 2.24) is 19.7 Å². The van der Waals surface area contributed by atoms with Crippen molar-refractivity contribution >= 4 is 5.91 Å². The molecule has 1 aromatic carbocycles. The van der Waals surface area contributed by atoms with Gasteiger partial charge in [-0.2, -0.15) is 0 Å². The Morgan fingerprint density at radius 1 is 1.41 bits per heavy atom. The number of rotatable bonds is 4. The molecule has 27 heavy (non-hydrogen) atoms. The molecule has 6 heteroatoms. The summed E-state index contributed by atoms with van der Waals surface area (Å²) in [6, 6.07) is 6.68. The van der Waals surface area contributed by atoms with Crippen molar-refractivity contribution in [2.45, 2.75) is 37.7 Å². The summed E-state index contributed by atoms with van der Waals surface area (Å²) in [6.45, 7) is 7.91. The standard InChI is InChI=1S/C21H26N4O2/c1-4-11-27-18-13-21(17-12-15(2)5-6-16(17)18)7-9-25(10-8-21)20(26)19-22-14-24(3)23-19/h4-6,12,14,18H,1,7-11,13H2,2-3H3. The summed E-state index contributed by atoms with van der Waals surface area (Å²) in [5, 5.41) is 4.15. The van der Waals surface area contributed by atoms with Crippen LogP contribution in [0.2, 0.25) is 0 Å². The maximum Gasteiger partial charge on any atom is 0.293 e. The predicted octanol–water partition coefficient (Wildman–Crippen LogP) is 2.94. The number of nitrogens with zero attached hydrogens (tertiary/aromatic N) is 4. The van der Waals surface area contributed by atoms with E-state index in [2.05, 4.69) is 41.8 Å². The summed E-state index contributed by atoms with van der Waals surface area (Å²) in [6.07, 6.45) is 6.34. The molecule has 1 spiro atoms. The molecular weight excluding hydrogens is 340 g/mol. The number of hydrogen-bond donors (Lipinski definition) is 0. The zero-order valence-corrected chi connectivity index (χ0v) is 16.0. The molecule has 0 saturated carbocycles. The van der Waals surface area contributed by atoms with Crippen molar-refractivity contribution in [2.24, 2.45) is 7.05 Å². The van der Waals surface area contributed by atoms with E-state index in [1.54, 1.807) is 24.1 Å². The molecule has 1 aliphatic heterocycles. The molecule has 2 aliphatic rings. The lowest BCUT2D eigenvalue weighted by Gasteiger charge is -2.40. The van der Waals surface area contributed by atoms with Crippen molar-refractivity contribution in [1.29, 1.82) is 0 Å². The molecule has 1 aromatic heterocycles. The Balaban J connectivity index is 1.54. The molecule has 0 radical (unpaired) electrons. The Bertz CT molecular complexity index is 865. The van der Waals surface area contributed by atoms with Crippen LogP contribution in [0.1, 0.15) is 52.7 Å². The fourth-order valence-corrected chi connectivity index (χ4v) is 4.51.